The molecule has 1 heterocycles. The number of amides is 1. The van der Waals surface area contributed by atoms with Crippen LogP contribution in [0.2, 0.25) is 0 Å². The topological polar surface area (TPSA) is 81.8 Å². The normalized spacial score (nSPS) is 16.1. The molecule has 0 saturated carbocycles. The third-order valence-corrected chi connectivity index (χ3v) is 5.41. The lowest BCUT2D eigenvalue weighted by Gasteiger charge is -2.27. The second-order valence-electron chi connectivity index (χ2n) is 6.07. The summed E-state index contributed by atoms with van der Waals surface area (Å²) in [6, 6.07) is 6.13. The number of benzene rings is 1. The molecule has 1 fully saturated rings. The minimum atomic E-state index is -3.60. The van der Waals surface area contributed by atoms with E-state index in [0.717, 1.165) is 39.1 Å². The number of hydrogen-bond donors (Lipinski definition) is 2. The molecule has 0 aliphatic carbocycles. The Balaban J connectivity index is 1.90. The molecule has 0 spiro atoms. The van der Waals surface area contributed by atoms with E-state index in [9.17, 15) is 13.2 Å². The highest BCUT2D eigenvalue weighted by Gasteiger charge is 2.17. The first kappa shape index (κ1) is 18.9. The maximum Gasteiger partial charge on any atom is 0.253 e. The summed E-state index contributed by atoms with van der Waals surface area (Å²) in [5, 5.41) is 3.29. The molecule has 0 unspecified atom stereocenters. The third-order valence-electron chi connectivity index (χ3n) is 3.95. The molecule has 2 rings (SSSR count). The second-order valence-corrected chi connectivity index (χ2v) is 7.84. The van der Waals surface area contributed by atoms with Gasteiger partial charge in [-0.25, -0.2) is 13.1 Å². The molecule has 8 heteroatoms. The molecule has 1 amide bonds. The fourth-order valence-corrected chi connectivity index (χ4v) is 3.70. The summed E-state index contributed by atoms with van der Waals surface area (Å²) in [5.41, 5.74) is 0.365. The predicted molar refractivity (Wildman–Crippen MR) is 93.6 cm³/mol. The highest BCUT2D eigenvalue weighted by atomic mass is 32.2. The van der Waals surface area contributed by atoms with E-state index in [1.165, 1.54) is 17.0 Å². The maximum absolute atomic E-state index is 12.4. The van der Waals surface area contributed by atoms with E-state index in [-0.39, 0.29) is 10.8 Å². The van der Waals surface area contributed by atoms with Gasteiger partial charge in [-0.1, -0.05) is 6.07 Å². The number of nitrogens with one attached hydrogen (secondary N) is 2. The second kappa shape index (κ2) is 8.57. The van der Waals surface area contributed by atoms with Crippen LogP contribution in [0.15, 0.2) is 29.2 Å². The first-order valence-corrected chi connectivity index (χ1v) is 9.63. The van der Waals surface area contributed by atoms with Crippen LogP contribution in [0.25, 0.3) is 0 Å². The van der Waals surface area contributed by atoms with Crippen LogP contribution in [0.3, 0.4) is 0 Å². The fraction of sp³-hybridized carbons (Fsp3) is 0.562. The highest BCUT2D eigenvalue weighted by molar-refractivity contribution is 7.89. The molecule has 0 aromatic heterocycles. The lowest BCUT2D eigenvalue weighted by Crippen LogP contribution is -2.44. The summed E-state index contributed by atoms with van der Waals surface area (Å²) in [6.45, 7) is 5.24. The fourth-order valence-electron chi connectivity index (χ4n) is 2.58. The van der Waals surface area contributed by atoms with Crippen molar-refractivity contribution in [3.63, 3.8) is 0 Å². The molecule has 24 heavy (non-hydrogen) atoms. The van der Waals surface area contributed by atoms with Crippen molar-refractivity contribution in [1.29, 1.82) is 0 Å². The predicted octanol–water partition coefficient (Wildman–Crippen LogP) is -0.0380. The summed E-state index contributed by atoms with van der Waals surface area (Å²) < 4.78 is 27.4. The van der Waals surface area contributed by atoms with E-state index < -0.39 is 10.0 Å². The van der Waals surface area contributed by atoms with Crippen LogP contribution in [0.1, 0.15) is 16.8 Å². The molecule has 1 aliphatic rings. The number of nitrogens with zero attached hydrogens (tertiary/aromatic N) is 2. The molecule has 2 N–H and O–H groups in total. The molecule has 0 bridgehead atoms. The smallest absolute Gasteiger partial charge is 0.253 e. The van der Waals surface area contributed by atoms with E-state index in [1.54, 1.807) is 26.2 Å². The van der Waals surface area contributed by atoms with Gasteiger partial charge in [0.2, 0.25) is 10.0 Å². The van der Waals surface area contributed by atoms with E-state index in [2.05, 4.69) is 14.9 Å². The van der Waals surface area contributed by atoms with Crippen LogP contribution in [-0.4, -0.2) is 77.5 Å². The van der Waals surface area contributed by atoms with Crippen LogP contribution in [0.4, 0.5) is 0 Å². The number of carbonyl (C=O) groups is 1. The third kappa shape index (κ3) is 5.27. The Bertz CT molecular complexity index is 655. The molecule has 1 saturated heterocycles. The maximum atomic E-state index is 12.4. The molecule has 0 atom stereocenters. The van der Waals surface area contributed by atoms with E-state index >= 15 is 0 Å². The first-order chi connectivity index (χ1) is 11.4. The van der Waals surface area contributed by atoms with Gasteiger partial charge in [0.05, 0.1) is 4.90 Å². The monoisotopic (exact) mass is 354 g/mol. The summed E-state index contributed by atoms with van der Waals surface area (Å²) in [4.78, 5) is 15.8. The van der Waals surface area contributed by atoms with Crippen LogP contribution in [-0.2, 0) is 10.0 Å². The van der Waals surface area contributed by atoms with Gasteiger partial charge in [0.15, 0.2) is 0 Å². The van der Waals surface area contributed by atoms with Gasteiger partial charge in [-0.05, 0) is 31.2 Å². The highest BCUT2D eigenvalue weighted by Crippen LogP contribution is 2.12. The average molecular weight is 354 g/mol. The quantitative estimate of drug-likeness (QED) is 0.672. The van der Waals surface area contributed by atoms with E-state index in [4.69, 9.17) is 0 Å². The van der Waals surface area contributed by atoms with Crippen molar-refractivity contribution in [2.45, 2.75) is 11.3 Å². The standard InChI is InChI=1S/C16H26N4O3S/c1-19(2)16(21)14-5-3-6-15(13-14)24(22,23)18-7-4-10-20-11-8-17-9-12-20/h3,5-6,13,17-18H,4,7-12H2,1-2H3. The van der Waals surface area contributed by atoms with Crippen molar-refractivity contribution in [3.05, 3.63) is 29.8 Å². The summed E-state index contributed by atoms with van der Waals surface area (Å²) in [5.74, 6) is -0.217. The first-order valence-electron chi connectivity index (χ1n) is 8.14. The number of piperazine rings is 1. The minimum absolute atomic E-state index is 0.123. The Morgan fingerprint density at radius 2 is 2.00 bits per heavy atom. The zero-order valence-corrected chi connectivity index (χ0v) is 15.1. The van der Waals surface area contributed by atoms with Gasteiger partial charge >= 0.3 is 0 Å². The lowest BCUT2D eigenvalue weighted by molar-refractivity contribution is 0.0827. The molecular formula is C16H26N4O3S. The number of rotatable bonds is 7. The van der Waals surface area contributed by atoms with Gasteiger partial charge in [-0.2, -0.15) is 0 Å². The van der Waals surface area contributed by atoms with E-state index in [0.29, 0.717) is 12.1 Å². The molecule has 7 nitrogen and oxygen atoms in total. The van der Waals surface area contributed by atoms with Crippen LogP contribution in [0, 0.1) is 0 Å². The SMILES string of the molecule is CN(C)C(=O)c1cccc(S(=O)(=O)NCCCN2CCNCC2)c1. The average Bonchev–Trinajstić information content (AvgIpc) is 2.59. The largest absolute Gasteiger partial charge is 0.345 e. The molecule has 1 aliphatic heterocycles. The van der Waals surface area contributed by atoms with Crippen molar-refractivity contribution >= 4 is 15.9 Å². The Morgan fingerprint density at radius 1 is 1.29 bits per heavy atom. The van der Waals surface area contributed by atoms with Crippen molar-refractivity contribution in [2.24, 2.45) is 0 Å². The van der Waals surface area contributed by atoms with Crippen molar-refractivity contribution in [3.8, 4) is 0 Å². The summed E-state index contributed by atoms with van der Waals surface area (Å²) in [6.07, 6.45) is 0.759. The minimum Gasteiger partial charge on any atom is -0.345 e. The Morgan fingerprint density at radius 3 is 2.67 bits per heavy atom. The van der Waals surface area contributed by atoms with Gasteiger partial charge in [-0.15, -0.1) is 0 Å². The van der Waals surface area contributed by atoms with Crippen molar-refractivity contribution in [2.75, 3.05) is 53.4 Å². The molecule has 1 aromatic carbocycles. The molecular weight excluding hydrogens is 328 g/mol. The van der Waals surface area contributed by atoms with E-state index in [1.807, 2.05) is 0 Å². The van der Waals surface area contributed by atoms with Crippen LogP contribution < -0.4 is 10.0 Å². The molecule has 1 aromatic rings. The van der Waals surface area contributed by atoms with Gasteiger partial charge < -0.3 is 15.1 Å². The van der Waals surface area contributed by atoms with Gasteiger partial charge in [-0.3, -0.25) is 4.79 Å². The van der Waals surface area contributed by atoms with Gasteiger partial charge in [0.1, 0.15) is 0 Å². The Labute approximate surface area is 144 Å². The Hall–Kier alpha value is -1.48. The van der Waals surface area contributed by atoms with Gasteiger partial charge in [0, 0.05) is 52.4 Å². The zero-order chi connectivity index (χ0) is 17.6. The Kier molecular flexibility index (Phi) is 6.73. The van der Waals surface area contributed by atoms with Crippen LogP contribution >= 0.6 is 0 Å². The number of carbonyl (C=O) groups excluding carboxylic acids is 1. The summed E-state index contributed by atoms with van der Waals surface area (Å²) >= 11 is 0. The lowest BCUT2D eigenvalue weighted by atomic mass is 10.2. The van der Waals surface area contributed by atoms with Crippen LogP contribution in [0.5, 0.6) is 0 Å². The number of hydrogen-bond acceptors (Lipinski definition) is 5. The number of sulfonamides is 1. The zero-order valence-electron chi connectivity index (χ0n) is 14.3. The van der Waals surface area contributed by atoms with Crippen molar-refractivity contribution < 1.29 is 13.2 Å². The molecule has 0 radical (unpaired) electrons. The summed E-state index contributed by atoms with van der Waals surface area (Å²) in [7, 11) is -0.323. The van der Waals surface area contributed by atoms with Crippen molar-refractivity contribution in [1.82, 2.24) is 19.8 Å². The van der Waals surface area contributed by atoms with Gasteiger partial charge in [0.25, 0.3) is 5.91 Å². The molecule has 134 valence electrons.